The van der Waals surface area contributed by atoms with Crippen LogP contribution in [0.5, 0.6) is 11.5 Å². The fourth-order valence-electron chi connectivity index (χ4n) is 1.76. The molecule has 20 heavy (non-hydrogen) atoms. The van der Waals surface area contributed by atoms with Gasteiger partial charge >= 0.3 is 5.97 Å². The van der Waals surface area contributed by atoms with Gasteiger partial charge < -0.3 is 19.5 Å². The molecule has 0 aromatic heterocycles. The molecule has 1 unspecified atom stereocenters. The quantitative estimate of drug-likeness (QED) is 0.860. The van der Waals surface area contributed by atoms with E-state index in [-0.39, 0.29) is 12.5 Å². The highest BCUT2D eigenvalue weighted by atomic mass is 16.5. The highest BCUT2D eigenvalue weighted by Crippen LogP contribution is 2.32. The van der Waals surface area contributed by atoms with Crippen LogP contribution >= 0.6 is 0 Å². The van der Waals surface area contributed by atoms with Gasteiger partial charge in [0.15, 0.2) is 0 Å². The number of hydrogen-bond acceptors (Lipinski definition) is 4. The van der Waals surface area contributed by atoms with Gasteiger partial charge in [0.1, 0.15) is 11.5 Å². The summed E-state index contributed by atoms with van der Waals surface area (Å²) >= 11 is 0. The third-order valence-corrected chi connectivity index (χ3v) is 2.93. The lowest BCUT2D eigenvalue weighted by Gasteiger charge is -2.25. The third kappa shape index (κ3) is 3.63. The Kier molecular flexibility index (Phi) is 5.37. The Morgan fingerprint density at radius 3 is 2.40 bits per heavy atom. The summed E-state index contributed by atoms with van der Waals surface area (Å²) in [7, 11) is 3.01. The topological polar surface area (TPSA) is 76.1 Å². The molecule has 0 fully saturated rings. The first-order chi connectivity index (χ1) is 9.40. The molecule has 0 aliphatic rings. The van der Waals surface area contributed by atoms with Crippen LogP contribution in [0.25, 0.3) is 0 Å². The van der Waals surface area contributed by atoms with Crippen molar-refractivity contribution in [2.24, 2.45) is 5.92 Å². The summed E-state index contributed by atoms with van der Waals surface area (Å²) in [5.41, 5.74) is 0.493. The van der Waals surface area contributed by atoms with E-state index in [0.717, 1.165) is 0 Å². The van der Waals surface area contributed by atoms with Crippen molar-refractivity contribution in [2.45, 2.75) is 13.8 Å². The molecular formula is C14H19NO5. The van der Waals surface area contributed by atoms with Crippen LogP contribution in [-0.2, 0) is 9.59 Å². The van der Waals surface area contributed by atoms with Gasteiger partial charge in [0.05, 0.1) is 25.8 Å². The summed E-state index contributed by atoms with van der Waals surface area (Å²) in [6, 6.07) is 5.03. The number of carboxylic acid groups (broad SMARTS) is 1. The van der Waals surface area contributed by atoms with E-state index >= 15 is 0 Å². The Balaban J connectivity index is 3.19. The van der Waals surface area contributed by atoms with Gasteiger partial charge in [0.25, 0.3) is 0 Å². The second kappa shape index (κ2) is 6.79. The minimum atomic E-state index is -0.960. The van der Waals surface area contributed by atoms with Gasteiger partial charge in [-0.25, -0.2) is 0 Å². The molecule has 6 heteroatoms. The van der Waals surface area contributed by atoms with Crippen LogP contribution in [0.3, 0.4) is 0 Å². The Morgan fingerprint density at radius 1 is 1.30 bits per heavy atom. The summed E-state index contributed by atoms with van der Waals surface area (Å²) < 4.78 is 10.3. The number of benzene rings is 1. The van der Waals surface area contributed by atoms with E-state index in [1.807, 2.05) is 0 Å². The van der Waals surface area contributed by atoms with Crippen molar-refractivity contribution in [2.75, 3.05) is 25.7 Å². The van der Waals surface area contributed by atoms with Crippen LogP contribution in [0, 0.1) is 5.92 Å². The molecule has 1 rings (SSSR count). The van der Waals surface area contributed by atoms with Crippen LogP contribution in [0.1, 0.15) is 13.8 Å². The minimum absolute atomic E-state index is 0.0637. The molecule has 0 aliphatic carbocycles. The van der Waals surface area contributed by atoms with Gasteiger partial charge in [0.2, 0.25) is 5.91 Å². The zero-order chi connectivity index (χ0) is 15.3. The van der Waals surface area contributed by atoms with Gasteiger partial charge in [-0.2, -0.15) is 0 Å². The number of rotatable bonds is 6. The van der Waals surface area contributed by atoms with Crippen molar-refractivity contribution in [1.29, 1.82) is 0 Å². The lowest BCUT2D eigenvalue weighted by Crippen LogP contribution is -2.35. The van der Waals surface area contributed by atoms with Crippen LogP contribution in [-0.4, -0.2) is 37.7 Å². The van der Waals surface area contributed by atoms with Crippen molar-refractivity contribution in [3.63, 3.8) is 0 Å². The molecule has 6 nitrogen and oxygen atoms in total. The summed E-state index contributed by atoms with van der Waals surface area (Å²) in [6.45, 7) is 2.99. The van der Waals surface area contributed by atoms with Gasteiger partial charge in [-0.15, -0.1) is 0 Å². The Hall–Kier alpha value is -2.24. The molecule has 1 amide bonds. The average Bonchev–Trinajstić information content (AvgIpc) is 2.43. The number of carbonyl (C=O) groups is 2. The second-order valence-corrected chi connectivity index (χ2v) is 4.41. The van der Waals surface area contributed by atoms with E-state index < -0.39 is 11.9 Å². The van der Waals surface area contributed by atoms with E-state index in [2.05, 4.69) is 0 Å². The maximum atomic E-state index is 11.8. The van der Waals surface area contributed by atoms with Crippen LogP contribution in [0.4, 0.5) is 5.69 Å². The summed E-state index contributed by atoms with van der Waals surface area (Å²) in [5.74, 6) is -0.855. The molecule has 1 N–H and O–H groups in total. The summed E-state index contributed by atoms with van der Waals surface area (Å²) in [4.78, 5) is 24.2. The number of carbonyl (C=O) groups excluding carboxylic acids is 1. The first-order valence-corrected chi connectivity index (χ1v) is 6.13. The number of hydrogen-bond donors (Lipinski definition) is 1. The fraction of sp³-hybridized carbons (Fsp3) is 0.429. The van der Waals surface area contributed by atoms with Crippen molar-refractivity contribution < 1.29 is 24.2 Å². The van der Waals surface area contributed by atoms with Crippen molar-refractivity contribution >= 4 is 17.6 Å². The predicted molar refractivity (Wildman–Crippen MR) is 74.4 cm³/mol. The van der Waals surface area contributed by atoms with Gasteiger partial charge in [-0.3, -0.25) is 9.59 Å². The van der Waals surface area contributed by atoms with E-state index in [1.54, 1.807) is 25.1 Å². The third-order valence-electron chi connectivity index (χ3n) is 2.93. The molecule has 0 radical (unpaired) electrons. The normalized spacial score (nSPS) is 11.6. The van der Waals surface area contributed by atoms with Gasteiger partial charge in [-0.05, 0) is 12.1 Å². The summed E-state index contributed by atoms with van der Waals surface area (Å²) in [6.07, 6.45) is 0. The summed E-state index contributed by atoms with van der Waals surface area (Å²) in [5, 5.41) is 8.99. The van der Waals surface area contributed by atoms with Crippen LogP contribution in [0.15, 0.2) is 18.2 Å². The number of methoxy groups -OCH3 is 2. The minimum Gasteiger partial charge on any atom is -0.497 e. The Labute approximate surface area is 117 Å². The van der Waals surface area contributed by atoms with Crippen molar-refractivity contribution in [3.05, 3.63) is 18.2 Å². The lowest BCUT2D eigenvalue weighted by atomic mass is 10.1. The number of nitrogens with zero attached hydrogens (tertiary/aromatic N) is 1. The standard InChI is InChI=1S/C14H19NO5/c1-9(14(17)18)8-15(10(2)16)12-7-11(19-3)5-6-13(12)20-4/h5-7,9H,8H2,1-4H3,(H,17,18). The lowest BCUT2D eigenvalue weighted by molar-refractivity contribution is -0.140. The van der Waals surface area contributed by atoms with Crippen LogP contribution < -0.4 is 14.4 Å². The first-order valence-electron chi connectivity index (χ1n) is 6.13. The molecule has 0 aliphatic heterocycles. The van der Waals surface area contributed by atoms with E-state index in [4.69, 9.17) is 14.6 Å². The molecule has 0 saturated heterocycles. The van der Waals surface area contributed by atoms with Crippen molar-refractivity contribution in [3.8, 4) is 11.5 Å². The average molecular weight is 281 g/mol. The van der Waals surface area contributed by atoms with Crippen molar-refractivity contribution in [1.82, 2.24) is 0 Å². The molecule has 0 bridgehead atoms. The van der Waals surface area contributed by atoms with E-state index in [0.29, 0.717) is 17.2 Å². The maximum absolute atomic E-state index is 11.8. The Morgan fingerprint density at radius 2 is 1.95 bits per heavy atom. The molecule has 1 aromatic carbocycles. The van der Waals surface area contributed by atoms with E-state index in [9.17, 15) is 9.59 Å². The fourth-order valence-corrected chi connectivity index (χ4v) is 1.76. The van der Waals surface area contributed by atoms with Crippen LogP contribution in [0.2, 0.25) is 0 Å². The van der Waals surface area contributed by atoms with E-state index in [1.165, 1.54) is 26.0 Å². The first kappa shape index (κ1) is 15.8. The highest BCUT2D eigenvalue weighted by molar-refractivity contribution is 5.94. The number of ether oxygens (including phenoxy) is 2. The molecule has 1 aromatic rings. The molecule has 0 heterocycles. The Bertz CT molecular complexity index is 500. The largest absolute Gasteiger partial charge is 0.497 e. The number of anilines is 1. The zero-order valence-electron chi connectivity index (χ0n) is 12.0. The predicted octanol–water partition coefficient (Wildman–Crippen LogP) is 1.78. The van der Waals surface area contributed by atoms with Gasteiger partial charge in [0, 0.05) is 19.5 Å². The highest BCUT2D eigenvalue weighted by Gasteiger charge is 2.22. The maximum Gasteiger partial charge on any atom is 0.308 e. The molecule has 0 spiro atoms. The molecule has 0 saturated carbocycles. The number of aliphatic carboxylic acids is 1. The molecular weight excluding hydrogens is 262 g/mol. The molecule has 1 atom stereocenters. The number of carboxylic acids is 1. The number of amides is 1. The smallest absolute Gasteiger partial charge is 0.308 e. The molecule has 110 valence electrons. The van der Waals surface area contributed by atoms with Gasteiger partial charge in [-0.1, -0.05) is 6.92 Å². The second-order valence-electron chi connectivity index (χ2n) is 4.41. The SMILES string of the molecule is COc1ccc(OC)c(N(CC(C)C(=O)O)C(C)=O)c1. The monoisotopic (exact) mass is 281 g/mol. The zero-order valence-corrected chi connectivity index (χ0v) is 12.0.